The monoisotopic (exact) mass is 256 g/mol. The van der Waals surface area contributed by atoms with Gasteiger partial charge in [-0.15, -0.1) is 0 Å². The van der Waals surface area contributed by atoms with Gasteiger partial charge in [0.2, 0.25) is 0 Å². The van der Waals surface area contributed by atoms with Crippen LogP contribution in [0.4, 0.5) is 0 Å². The molecule has 2 rings (SSSR count). The van der Waals surface area contributed by atoms with Crippen molar-refractivity contribution in [1.82, 2.24) is 10.2 Å². The lowest BCUT2D eigenvalue weighted by Gasteiger charge is -2.24. The highest BCUT2D eigenvalue weighted by atomic mass is 15.1. The average Bonchev–Trinajstić information content (AvgIpc) is 2.44. The van der Waals surface area contributed by atoms with Crippen LogP contribution < -0.4 is 5.32 Å². The van der Waals surface area contributed by atoms with E-state index in [1.807, 2.05) is 7.05 Å². The first kappa shape index (κ1) is 14.0. The van der Waals surface area contributed by atoms with Crippen LogP contribution in [0.2, 0.25) is 0 Å². The summed E-state index contributed by atoms with van der Waals surface area (Å²) in [5, 5.41) is 6.13. The number of hydrogen-bond acceptors (Lipinski definition) is 2. The Labute approximate surface area is 116 Å². The van der Waals surface area contributed by atoms with Gasteiger partial charge in [0.1, 0.15) is 0 Å². The first-order chi connectivity index (χ1) is 9.26. The fourth-order valence-corrected chi connectivity index (χ4v) is 2.68. The van der Waals surface area contributed by atoms with Gasteiger partial charge in [0.05, 0.1) is 0 Å². The lowest BCUT2D eigenvalue weighted by Crippen LogP contribution is -2.31. The van der Waals surface area contributed by atoms with E-state index < -0.39 is 0 Å². The zero-order valence-electron chi connectivity index (χ0n) is 12.2. The van der Waals surface area contributed by atoms with Crippen LogP contribution in [0.25, 0.3) is 10.8 Å². The van der Waals surface area contributed by atoms with E-state index in [4.69, 9.17) is 0 Å². The molecule has 1 unspecified atom stereocenters. The van der Waals surface area contributed by atoms with Gasteiger partial charge in [-0.25, -0.2) is 0 Å². The zero-order chi connectivity index (χ0) is 13.7. The number of rotatable bonds is 6. The first-order valence-corrected chi connectivity index (χ1v) is 7.09. The Bertz CT molecular complexity index is 516. The molecule has 0 aromatic heterocycles. The minimum atomic E-state index is 0.377. The molecule has 2 aromatic rings. The van der Waals surface area contributed by atoms with Crippen molar-refractivity contribution in [2.45, 2.75) is 19.4 Å². The summed E-state index contributed by atoms with van der Waals surface area (Å²) >= 11 is 0. The highest BCUT2D eigenvalue weighted by Gasteiger charge is 2.14. The highest BCUT2D eigenvalue weighted by molar-refractivity contribution is 5.86. The molecule has 0 saturated carbocycles. The molecule has 19 heavy (non-hydrogen) atoms. The molecular formula is C17H24N2. The van der Waals surface area contributed by atoms with Gasteiger partial charge in [0.25, 0.3) is 0 Å². The molecule has 1 N–H and O–H groups in total. The molecule has 2 aromatic carbocycles. The van der Waals surface area contributed by atoms with Crippen LogP contribution in [0, 0.1) is 0 Å². The summed E-state index contributed by atoms with van der Waals surface area (Å²) in [6, 6.07) is 15.6. The molecule has 0 bridgehead atoms. The number of hydrogen-bond donors (Lipinski definition) is 1. The highest BCUT2D eigenvalue weighted by Crippen LogP contribution is 2.24. The Hall–Kier alpha value is -1.38. The Balaban J connectivity index is 2.30. The van der Waals surface area contributed by atoms with Crippen molar-refractivity contribution < 1.29 is 0 Å². The molecule has 102 valence electrons. The number of nitrogens with zero attached hydrogens (tertiary/aromatic N) is 1. The second-order valence-corrected chi connectivity index (χ2v) is 5.17. The Morgan fingerprint density at radius 2 is 1.84 bits per heavy atom. The van der Waals surface area contributed by atoms with Gasteiger partial charge in [-0.05, 0) is 43.4 Å². The molecule has 0 aliphatic carbocycles. The molecule has 1 atom stereocenters. The maximum atomic E-state index is 3.46. The summed E-state index contributed by atoms with van der Waals surface area (Å²) in [7, 11) is 4.24. The summed E-state index contributed by atoms with van der Waals surface area (Å²) in [5.74, 6) is 0. The topological polar surface area (TPSA) is 15.3 Å². The normalized spacial score (nSPS) is 13.1. The summed E-state index contributed by atoms with van der Waals surface area (Å²) in [5.41, 5.74) is 1.39. The maximum absolute atomic E-state index is 3.46. The molecular weight excluding hydrogens is 232 g/mol. The van der Waals surface area contributed by atoms with E-state index in [1.165, 1.54) is 22.8 Å². The van der Waals surface area contributed by atoms with Gasteiger partial charge >= 0.3 is 0 Å². The predicted octanol–water partition coefficient (Wildman–Crippen LogP) is 3.44. The van der Waals surface area contributed by atoms with E-state index in [2.05, 4.69) is 66.7 Å². The second-order valence-electron chi connectivity index (χ2n) is 5.17. The number of likely N-dealkylation sites (N-methyl/N-ethyl adjacent to an activating group) is 2. The lowest BCUT2D eigenvalue weighted by molar-refractivity contribution is 0.298. The smallest absolute Gasteiger partial charge is 0.0452 e. The summed E-state index contributed by atoms with van der Waals surface area (Å²) in [4.78, 5) is 2.39. The van der Waals surface area contributed by atoms with Crippen LogP contribution in [-0.4, -0.2) is 32.1 Å². The molecule has 0 aliphatic heterocycles. The van der Waals surface area contributed by atoms with Crippen molar-refractivity contribution in [3.63, 3.8) is 0 Å². The average molecular weight is 256 g/mol. The molecule has 0 heterocycles. The third kappa shape index (κ3) is 3.34. The van der Waals surface area contributed by atoms with Crippen LogP contribution in [-0.2, 0) is 0 Å². The summed E-state index contributed by atoms with van der Waals surface area (Å²) in [6.45, 7) is 4.41. The van der Waals surface area contributed by atoms with E-state index in [0.29, 0.717) is 6.04 Å². The quantitative estimate of drug-likeness (QED) is 0.851. The number of fused-ring (bicyclic) bond motifs is 1. The molecule has 2 heteroatoms. The van der Waals surface area contributed by atoms with Gasteiger partial charge < -0.3 is 10.2 Å². The Kier molecular flexibility index (Phi) is 4.94. The predicted molar refractivity (Wildman–Crippen MR) is 83.5 cm³/mol. The van der Waals surface area contributed by atoms with Crippen molar-refractivity contribution in [1.29, 1.82) is 0 Å². The summed E-state index contributed by atoms with van der Waals surface area (Å²) in [6.07, 6.45) is 1.20. The van der Waals surface area contributed by atoms with Crippen LogP contribution >= 0.6 is 0 Å². The maximum Gasteiger partial charge on any atom is 0.0452 e. The third-order valence-corrected chi connectivity index (χ3v) is 3.65. The number of benzene rings is 2. The Morgan fingerprint density at radius 1 is 1.11 bits per heavy atom. The fourth-order valence-electron chi connectivity index (χ4n) is 2.68. The van der Waals surface area contributed by atoms with Crippen molar-refractivity contribution in [3.05, 3.63) is 48.0 Å². The van der Waals surface area contributed by atoms with Crippen LogP contribution in [0.5, 0.6) is 0 Å². The van der Waals surface area contributed by atoms with Crippen molar-refractivity contribution in [2.24, 2.45) is 0 Å². The van der Waals surface area contributed by atoms with Gasteiger partial charge in [-0.3, -0.25) is 0 Å². The summed E-state index contributed by atoms with van der Waals surface area (Å²) < 4.78 is 0. The lowest BCUT2D eigenvalue weighted by atomic mass is 9.98. The van der Waals surface area contributed by atoms with E-state index in [9.17, 15) is 0 Å². The largest absolute Gasteiger partial charge is 0.312 e. The van der Waals surface area contributed by atoms with E-state index in [1.54, 1.807) is 0 Å². The van der Waals surface area contributed by atoms with E-state index >= 15 is 0 Å². The van der Waals surface area contributed by atoms with Crippen LogP contribution in [0.15, 0.2) is 42.5 Å². The molecule has 0 saturated heterocycles. The molecule has 0 radical (unpaired) electrons. The Morgan fingerprint density at radius 3 is 2.58 bits per heavy atom. The minimum Gasteiger partial charge on any atom is -0.312 e. The SMILES string of the molecule is CCCN(C)CC(NC)c1cccc2ccccc12. The molecule has 0 amide bonds. The zero-order valence-corrected chi connectivity index (χ0v) is 12.2. The molecule has 0 fully saturated rings. The van der Waals surface area contributed by atoms with Crippen LogP contribution in [0.1, 0.15) is 24.9 Å². The minimum absolute atomic E-state index is 0.377. The van der Waals surface area contributed by atoms with E-state index in [-0.39, 0.29) is 0 Å². The number of nitrogens with one attached hydrogen (secondary N) is 1. The van der Waals surface area contributed by atoms with Crippen LogP contribution in [0.3, 0.4) is 0 Å². The molecule has 2 nitrogen and oxygen atoms in total. The van der Waals surface area contributed by atoms with Crippen molar-refractivity contribution in [2.75, 3.05) is 27.2 Å². The molecule has 0 spiro atoms. The fraction of sp³-hybridized carbons (Fsp3) is 0.412. The third-order valence-electron chi connectivity index (χ3n) is 3.65. The van der Waals surface area contributed by atoms with Crippen molar-refractivity contribution >= 4 is 10.8 Å². The standard InChI is InChI=1S/C17H24N2/c1-4-12-19(3)13-17(18-2)16-11-7-9-14-8-5-6-10-15(14)16/h5-11,17-18H,4,12-13H2,1-3H3. The van der Waals surface area contributed by atoms with Gasteiger partial charge in [0, 0.05) is 12.6 Å². The van der Waals surface area contributed by atoms with Gasteiger partial charge in [0.15, 0.2) is 0 Å². The second kappa shape index (κ2) is 6.69. The molecule has 0 aliphatic rings. The van der Waals surface area contributed by atoms with Gasteiger partial charge in [-0.2, -0.15) is 0 Å². The van der Waals surface area contributed by atoms with Crippen molar-refractivity contribution in [3.8, 4) is 0 Å². The van der Waals surface area contributed by atoms with E-state index in [0.717, 1.165) is 13.1 Å². The first-order valence-electron chi connectivity index (χ1n) is 7.09. The van der Waals surface area contributed by atoms with Gasteiger partial charge in [-0.1, -0.05) is 49.4 Å².